The second-order valence-corrected chi connectivity index (χ2v) is 3.75. The molecule has 0 amide bonds. The predicted molar refractivity (Wildman–Crippen MR) is 68.7 cm³/mol. The largest absolute Gasteiger partial charge is 0.464 e. The number of nitrogens with one attached hydrogen (secondary N) is 1. The van der Waals surface area contributed by atoms with E-state index in [-0.39, 0.29) is 23.0 Å². The Labute approximate surface area is 114 Å². The van der Waals surface area contributed by atoms with Gasteiger partial charge in [-0.1, -0.05) is 0 Å². The minimum atomic E-state index is -0.694. The highest BCUT2D eigenvalue weighted by molar-refractivity contribution is 5.96. The third-order valence-corrected chi connectivity index (χ3v) is 2.34. The van der Waals surface area contributed by atoms with E-state index in [0.29, 0.717) is 5.69 Å². The van der Waals surface area contributed by atoms with Crippen LogP contribution in [0.1, 0.15) is 27.9 Å². The molecule has 0 aliphatic carbocycles. The molecule has 0 atom stereocenters. The van der Waals surface area contributed by atoms with Gasteiger partial charge in [0.05, 0.1) is 31.4 Å². The molecular formula is C12H11N5O3. The average Bonchev–Trinajstić information content (AvgIpc) is 2.47. The summed E-state index contributed by atoms with van der Waals surface area (Å²) in [5, 5.41) is 2.84. The summed E-state index contributed by atoms with van der Waals surface area (Å²) in [4.78, 5) is 38.6. The standard InChI is InChI=1S/C12H11N5O3/c1-7(18)9-5-15-11(10(17-9)12(19)20-2)16-8-3-13-6-14-4-8/h3-6H,1-2H3,(H,15,16). The lowest BCUT2D eigenvalue weighted by atomic mass is 10.3. The van der Waals surface area contributed by atoms with Gasteiger partial charge in [0.2, 0.25) is 0 Å². The van der Waals surface area contributed by atoms with E-state index in [1.807, 2.05) is 0 Å². The third kappa shape index (κ3) is 2.91. The van der Waals surface area contributed by atoms with Gasteiger partial charge in [0.1, 0.15) is 12.0 Å². The summed E-state index contributed by atoms with van der Waals surface area (Å²) in [6.45, 7) is 1.34. The zero-order valence-corrected chi connectivity index (χ0v) is 10.8. The Bertz CT molecular complexity index is 645. The molecule has 0 saturated carbocycles. The first kappa shape index (κ1) is 13.5. The number of ketones is 1. The number of anilines is 2. The van der Waals surface area contributed by atoms with Crippen molar-refractivity contribution < 1.29 is 14.3 Å². The number of ether oxygens (including phenoxy) is 1. The molecule has 0 bridgehead atoms. The number of hydrogen-bond donors (Lipinski definition) is 1. The molecule has 0 spiro atoms. The third-order valence-electron chi connectivity index (χ3n) is 2.34. The Morgan fingerprint density at radius 2 is 1.90 bits per heavy atom. The maximum Gasteiger partial charge on any atom is 0.360 e. The van der Waals surface area contributed by atoms with Gasteiger partial charge in [0.25, 0.3) is 0 Å². The molecule has 2 heterocycles. The first-order valence-corrected chi connectivity index (χ1v) is 5.60. The van der Waals surface area contributed by atoms with Crippen LogP contribution in [0.2, 0.25) is 0 Å². The summed E-state index contributed by atoms with van der Waals surface area (Å²) in [6.07, 6.45) is 5.67. The molecular weight excluding hydrogens is 262 g/mol. The molecule has 2 aromatic heterocycles. The van der Waals surface area contributed by atoms with Crippen molar-refractivity contribution in [3.8, 4) is 0 Å². The quantitative estimate of drug-likeness (QED) is 0.649. The van der Waals surface area contributed by atoms with Gasteiger partial charge < -0.3 is 10.1 Å². The maximum atomic E-state index is 11.7. The lowest BCUT2D eigenvalue weighted by Gasteiger charge is -2.09. The lowest BCUT2D eigenvalue weighted by molar-refractivity contribution is 0.0594. The van der Waals surface area contributed by atoms with E-state index in [2.05, 4.69) is 30.0 Å². The van der Waals surface area contributed by atoms with Crippen LogP contribution >= 0.6 is 0 Å². The van der Waals surface area contributed by atoms with Crippen LogP contribution in [0.15, 0.2) is 24.9 Å². The fraction of sp³-hybridized carbons (Fsp3) is 0.167. The summed E-state index contributed by atoms with van der Waals surface area (Å²) in [5.74, 6) is -0.825. The van der Waals surface area contributed by atoms with Crippen LogP contribution in [0.25, 0.3) is 0 Å². The number of aromatic nitrogens is 4. The van der Waals surface area contributed by atoms with Crippen LogP contribution in [-0.2, 0) is 4.74 Å². The summed E-state index contributed by atoms with van der Waals surface area (Å²) in [5.41, 5.74) is 0.534. The van der Waals surface area contributed by atoms with Gasteiger partial charge in [-0.05, 0) is 0 Å². The van der Waals surface area contributed by atoms with Crippen LogP contribution in [-0.4, -0.2) is 38.8 Å². The number of carbonyl (C=O) groups excluding carboxylic acids is 2. The molecule has 0 unspecified atom stereocenters. The molecule has 2 aromatic rings. The molecule has 0 saturated heterocycles. The normalized spacial score (nSPS) is 9.90. The van der Waals surface area contributed by atoms with E-state index in [0.717, 1.165) is 0 Å². The number of rotatable bonds is 4. The van der Waals surface area contributed by atoms with Gasteiger partial charge in [-0.3, -0.25) is 4.79 Å². The Morgan fingerprint density at radius 1 is 1.20 bits per heavy atom. The molecule has 102 valence electrons. The summed E-state index contributed by atoms with van der Waals surface area (Å²) in [6, 6.07) is 0. The number of methoxy groups -OCH3 is 1. The van der Waals surface area contributed by atoms with Crippen LogP contribution < -0.4 is 5.32 Å². The number of nitrogens with zero attached hydrogens (tertiary/aromatic N) is 4. The Morgan fingerprint density at radius 3 is 2.50 bits per heavy atom. The zero-order chi connectivity index (χ0) is 14.5. The van der Waals surface area contributed by atoms with E-state index in [1.165, 1.54) is 39.0 Å². The highest BCUT2D eigenvalue weighted by Gasteiger charge is 2.18. The van der Waals surface area contributed by atoms with Crippen molar-refractivity contribution in [3.05, 3.63) is 36.3 Å². The first-order valence-electron chi connectivity index (χ1n) is 5.60. The van der Waals surface area contributed by atoms with Gasteiger partial charge in [-0.2, -0.15) is 0 Å². The van der Waals surface area contributed by atoms with Crippen molar-refractivity contribution in [1.82, 2.24) is 19.9 Å². The van der Waals surface area contributed by atoms with Crippen LogP contribution in [0, 0.1) is 0 Å². The van der Waals surface area contributed by atoms with E-state index in [4.69, 9.17) is 0 Å². The minimum Gasteiger partial charge on any atom is -0.464 e. The molecule has 2 rings (SSSR count). The second-order valence-electron chi connectivity index (χ2n) is 3.75. The van der Waals surface area contributed by atoms with Gasteiger partial charge in [-0.25, -0.2) is 24.7 Å². The number of esters is 1. The van der Waals surface area contributed by atoms with Crippen molar-refractivity contribution in [2.45, 2.75) is 6.92 Å². The molecule has 20 heavy (non-hydrogen) atoms. The molecule has 0 aromatic carbocycles. The van der Waals surface area contributed by atoms with E-state index < -0.39 is 5.97 Å². The fourth-order valence-corrected chi connectivity index (χ4v) is 1.39. The molecule has 0 fully saturated rings. The molecule has 0 aliphatic rings. The van der Waals surface area contributed by atoms with Crippen molar-refractivity contribution in [1.29, 1.82) is 0 Å². The van der Waals surface area contributed by atoms with Crippen LogP contribution in [0.3, 0.4) is 0 Å². The van der Waals surface area contributed by atoms with E-state index in [9.17, 15) is 9.59 Å². The van der Waals surface area contributed by atoms with Gasteiger partial charge in [0.15, 0.2) is 17.3 Å². The number of hydrogen-bond acceptors (Lipinski definition) is 8. The predicted octanol–water partition coefficient (Wildman–Crippen LogP) is 0.999. The highest BCUT2D eigenvalue weighted by atomic mass is 16.5. The Hall–Kier alpha value is -2.90. The monoisotopic (exact) mass is 273 g/mol. The lowest BCUT2D eigenvalue weighted by Crippen LogP contribution is -2.13. The Balaban J connectivity index is 2.41. The van der Waals surface area contributed by atoms with Crippen LogP contribution in [0.4, 0.5) is 11.5 Å². The maximum absolute atomic E-state index is 11.7. The Kier molecular flexibility index (Phi) is 3.94. The van der Waals surface area contributed by atoms with Crippen molar-refractivity contribution in [2.75, 3.05) is 12.4 Å². The van der Waals surface area contributed by atoms with Crippen LogP contribution in [0.5, 0.6) is 0 Å². The second kappa shape index (κ2) is 5.83. The number of Topliss-reactive ketones (excluding diaryl/α,β-unsaturated/α-hetero) is 1. The number of carbonyl (C=O) groups is 2. The highest BCUT2D eigenvalue weighted by Crippen LogP contribution is 2.17. The van der Waals surface area contributed by atoms with Crippen molar-refractivity contribution >= 4 is 23.3 Å². The SMILES string of the molecule is COC(=O)c1nc(C(C)=O)cnc1Nc1cncnc1. The van der Waals surface area contributed by atoms with Gasteiger partial charge in [0, 0.05) is 6.92 Å². The molecule has 0 aliphatic heterocycles. The molecule has 0 radical (unpaired) electrons. The summed E-state index contributed by atoms with van der Waals surface area (Å²) < 4.78 is 4.63. The summed E-state index contributed by atoms with van der Waals surface area (Å²) >= 11 is 0. The molecule has 1 N–H and O–H groups in total. The average molecular weight is 273 g/mol. The minimum absolute atomic E-state index is 0.0796. The van der Waals surface area contributed by atoms with Crippen molar-refractivity contribution in [3.63, 3.8) is 0 Å². The summed E-state index contributed by atoms with van der Waals surface area (Å²) in [7, 11) is 1.22. The van der Waals surface area contributed by atoms with Crippen molar-refractivity contribution in [2.24, 2.45) is 0 Å². The van der Waals surface area contributed by atoms with E-state index >= 15 is 0 Å². The van der Waals surface area contributed by atoms with E-state index in [1.54, 1.807) is 0 Å². The topological polar surface area (TPSA) is 107 Å². The fourth-order valence-electron chi connectivity index (χ4n) is 1.39. The van der Waals surface area contributed by atoms with Gasteiger partial charge in [-0.15, -0.1) is 0 Å². The molecule has 8 heteroatoms. The smallest absolute Gasteiger partial charge is 0.360 e. The molecule has 8 nitrogen and oxygen atoms in total. The van der Waals surface area contributed by atoms with Gasteiger partial charge >= 0.3 is 5.97 Å². The zero-order valence-electron chi connectivity index (χ0n) is 10.8. The first-order chi connectivity index (χ1) is 9.61.